The first-order valence-electron chi connectivity index (χ1n) is 8.57. The number of hydrogen-bond donors (Lipinski definition) is 4. The standard InChI is InChI=1S/C19H23NO6S/c1-2-13-14(9-17(25)20(4-6-21)5-7-22)18(16(24)10-15(13)23)19(26)12-3-8-27-11-12/h3,8,10-11,21-24H,2,4-7,9H2,1H3. The highest BCUT2D eigenvalue weighted by molar-refractivity contribution is 7.08. The fourth-order valence-electron chi connectivity index (χ4n) is 3.00. The number of phenols is 2. The van der Waals surface area contributed by atoms with Gasteiger partial charge < -0.3 is 25.3 Å². The molecule has 7 nitrogen and oxygen atoms in total. The summed E-state index contributed by atoms with van der Waals surface area (Å²) in [6.45, 7) is 1.33. The van der Waals surface area contributed by atoms with Gasteiger partial charge in [0.25, 0.3) is 0 Å². The minimum Gasteiger partial charge on any atom is -0.508 e. The zero-order valence-corrected chi connectivity index (χ0v) is 15.8. The minimum atomic E-state index is -0.429. The number of nitrogens with zero attached hydrogens (tertiary/aromatic N) is 1. The molecule has 1 heterocycles. The van der Waals surface area contributed by atoms with Crippen molar-refractivity contribution in [1.29, 1.82) is 0 Å². The van der Waals surface area contributed by atoms with E-state index in [2.05, 4.69) is 0 Å². The average molecular weight is 393 g/mol. The highest BCUT2D eigenvalue weighted by Crippen LogP contribution is 2.35. The van der Waals surface area contributed by atoms with Crippen molar-refractivity contribution in [3.05, 3.63) is 45.1 Å². The summed E-state index contributed by atoms with van der Waals surface area (Å²) < 4.78 is 0. The number of amides is 1. The molecule has 0 saturated carbocycles. The molecule has 1 aromatic heterocycles. The van der Waals surface area contributed by atoms with Gasteiger partial charge in [-0.15, -0.1) is 0 Å². The number of aromatic hydroxyl groups is 2. The van der Waals surface area contributed by atoms with Gasteiger partial charge in [0.15, 0.2) is 5.78 Å². The quantitative estimate of drug-likeness (QED) is 0.477. The van der Waals surface area contributed by atoms with Crippen LogP contribution in [-0.2, 0) is 17.6 Å². The van der Waals surface area contributed by atoms with E-state index in [1.54, 1.807) is 23.8 Å². The maximum Gasteiger partial charge on any atom is 0.227 e. The lowest BCUT2D eigenvalue weighted by atomic mass is 9.90. The number of hydrogen-bond acceptors (Lipinski definition) is 7. The fourth-order valence-corrected chi connectivity index (χ4v) is 3.63. The van der Waals surface area contributed by atoms with E-state index in [0.717, 1.165) is 6.07 Å². The second-order valence-corrected chi connectivity index (χ2v) is 6.73. The van der Waals surface area contributed by atoms with E-state index in [1.165, 1.54) is 16.2 Å². The van der Waals surface area contributed by atoms with Crippen molar-refractivity contribution >= 4 is 23.0 Å². The summed E-state index contributed by atoms with van der Waals surface area (Å²) in [6, 6.07) is 2.74. The van der Waals surface area contributed by atoms with Crippen LogP contribution in [0.4, 0.5) is 0 Å². The average Bonchev–Trinajstić information content (AvgIpc) is 3.16. The van der Waals surface area contributed by atoms with Crippen LogP contribution in [0.2, 0.25) is 0 Å². The topological polar surface area (TPSA) is 118 Å². The lowest BCUT2D eigenvalue weighted by Crippen LogP contribution is -2.37. The van der Waals surface area contributed by atoms with Crippen LogP contribution in [-0.4, -0.2) is 63.3 Å². The summed E-state index contributed by atoms with van der Waals surface area (Å²) in [5, 5.41) is 42.2. The number of aliphatic hydroxyl groups excluding tert-OH is 2. The third-order valence-corrected chi connectivity index (χ3v) is 4.97. The predicted octanol–water partition coefficient (Wildman–Crippen LogP) is 1.31. The second kappa shape index (κ2) is 9.50. The fraction of sp³-hybridized carbons (Fsp3) is 0.368. The SMILES string of the molecule is CCc1c(O)cc(O)c(C(=O)c2ccsc2)c1CC(=O)N(CCO)CCO. The van der Waals surface area contributed by atoms with Gasteiger partial charge in [0.2, 0.25) is 5.91 Å². The van der Waals surface area contributed by atoms with E-state index in [-0.39, 0.29) is 55.4 Å². The van der Waals surface area contributed by atoms with Crippen LogP contribution in [0.1, 0.15) is 34.0 Å². The first-order chi connectivity index (χ1) is 12.9. The Morgan fingerprint density at radius 3 is 2.26 bits per heavy atom. The molecular formula is C19H23NO6S. The first-order valence-corrected chi connectivity index (χ1v) is 9.51. The number of carbonyl (C=O) groups is 2. The van der Waals surface area contributed by atoms with Crippen molar-refractivity contribution in [3.63, 3.8) is 0 Å². The van der Waals surface area contributed by atoms with Gasteiger partial charge in [-0.2, -0.15) is 11.3 Å². The molecule has 4 N–H and O–H groups in total. The molecule has 8 heteroatoms. The molecular weight excluding hydrogens is 370 g/mol. The van der Waals surface area contributed by atoms with Gasteiger partial charge in [0.05, 0.1) is 25.2 Å². The predicted molar refractivity (Wildman–Crippen MR) is 101 cm³/mol. The summed E-state index contributed by atoms with van der Waals surface area (Å²) >= 11 is 1.34. The number of aliphatic hydroxyl groups is 2. The van der Waals surface area contributed by atoms with Crippen LogP contribution in [0.5, 0.6) is 11.5 Å². The lowest BCUT2D eigenvalue weighted by molar-refractivity contribution is -0.131. The Morgan fingerprint density at radius 1 is 1.07 bits per heavy atom. The Bertz CT molecular complexity index is 797. The van der Waals surface area contributed by atoms with Crippen LogP contribution in [0.3, 0.4) is 0 Å². The van der Waals surface area contributed by atoms with Gasteiger partial charge in [0.1, 0.15) is 11.5 Å². The number of phenolic OH excluding ortho intramolecular Hbond substituents is 2. The zero-order valence-electron chi connectivity index (χ0n) is 15.0. The number of ketones is 1. The highest BCUT2D eigenvalue weighted by atomic mass is 32.1. The molecule has 0 unspecified atom stereocenters. The van der Waals surface area contributed by atoms with E-state index < -0.39 is 11.7 Å². The van der Waals surface area contributed by atoms with E-state index in [0.29, 0.717) is 17.5 Å². The van der Waals surface area contributed by atoms with Crippen LogP contribution in [0.25, 0.3) is 0 Å². The molecule has 2 rings (SSSR count). The third-order valence-electron chi connectivity index (χ3n) is 4.29. The lowest BCUT2D eigenvalue weighted by Gasteiger charge is -2.23. The maximum atomic E-state index is 12.9. The molecule has 1 amide bonds. The van der Waals surface area contributed by atoms with Gasteiger partial charge >= 0.3 is 0 Å². The number of benzene rings is 1. The Morgan fingerprint density at radius 2 is 1.74 bits per heavy atom. The maximum absolute atomic E-state index is 12.9. The molecule has 0 saturated heterocycles. The summed E-state index contributed by atoms with van der Waals surface area (Å²) in [4.78, 5) is 26.8. The Hall–Kier alpha value is -2.42. The Labute approximate surface area is 161 Å². The number of thiophene rings is 1. The van der Waals surface area contributed by atoms with Gasteiger partial charge in [-0.25, -0.2) is 0 Å². The van der Waals surface area contributed by atoms with Crippen molar-refractivity contribution in [2.24, 2.45) is 0 Å². The largest absolute Gasteiger partial charge is 0.508 e. The highest BCUT2D eigenvalue weighted by Gasteiger charge is 2.26. The molecule has 0 radical (unpaired) electrons. The van der Waals surface area contributed by atoms with Gasteiger partial charge in [0, 0.05) is 30.1 Å². The molecule has 0 bridgehead atoms. The molecule has 0 atom stereocenters. The van der Waals surface area contributed by atoms with Gasteiger partial charge in [-0.05, 0) is 29.0 Å². The Kier molecular flexibility index (Phi) is 7.35. The molecule has 0 spiro atoms. The minimum absolute atomic E-state index is 0.00986. The van der Waals surface area contributed by atoms with E-state index in [1.807, 2.05) is 0 Å². The van der Waals surface area contributed by atoms with Crippen molar-refractivity contribution in [3.8, 4) is 11.5 Å². The molecule has 146 valence electrons. The summed E-state index contributed by atoms with van der Waals surface area (Å²) in [6.07, 6.45) is 0.120. The van der Waals surface area contributed by atoms with Crippen LogP contribution < -0.4 is 0 Å². The second-order valence-electron chi connectivity index (χ2n) is 5.95. The van der Waals surface area contributed by atoms with Gasteiger partial charge in [-0.3, -0.25) is 9.59 Å². The van der Waals surface area contributed by atoms with Crippen molar-refractivity contribution < 1.29 is 30.0 Å². The molecule has 2 aromatic rings. The summed E-state index contributed by atoms with van der Waals surface area (Å²) in [7, 11) is 0. The van der Waals surface area contributed by atoms with E-state index in [9.17, 15) is 19.8 Å². The van der Waals surface area contributed by atoms with E-state index in [4.69, 9.17) is 10.2 Å². The summed E-state index contributed by atoms with van der Waals surface area (Å²) in [5.41, 5.74) is 1.05. The first kappa shape index (κ1) is 20.9. The van der Waals surface area contributed by atoms with Crippen molar-refractivity contribution in [2.45, 2.75) is 19.8 Å². The van der Waals surface area contributed by atoms with E-state index >= 15 is 0 Å². The molecule has 27 heavy (non-hydrogen) atoms. The van der Waals surface area contributed by atoms with Gasteiger partial charge in [-0.1, -0.05) is 6.92 Å². The van der Waals surface area contributed by atoms with Crippen molar-refractivity contribution in [1.82, 2.24) is 4.90 Å². The molecule has 0 aliphatic carbocycles. The Balaban J connectivity index is 2.52. The number of rotatable bonds is 9. The summed E-state index contributed by atoms with van der Waals surface area (Å²) in [5.74, 6) is -1.42. The van der Waals surface area contributed by atoms with Crippen LogP contribution in [0, 0.1) is 0 Å². The van der Waals surface area contributed by atoms with Crippen LogP contribution in [0.15, 0.2) is 22.9 Å². The number of carbonyl (C=O) groups excluding carboxylic acids is 2. The van der Waals surface area contributed by atoms with Crippen molar-refractivity contribution in [2.75, 3.05) is 26.3 Å². The monoisotopic (exact) mass is 393 g/mol. The normalized spacial score (nSPS) is 10.8. The third kappa shape index (κ3) is 4.65. The molecule has 0 fully saturated rings. The molecule has 0 aliphatic rings. The molecule has 1 aromatic carbocycles. The van der Waals surface area contributed by atoms with Crippen LogP contribution >= 0.6 is 11.3 Å². The smallest absolute Gasteiger partial charge is 0.227 e. The zero-order chi connectivity index (χ0) is 20.0. The molecule has 0 aliphatic heterocycles.